The average Bonchev–Trinajstić information content (AvgIpc) is 2.78. The highest BCUT2D eigenvalue weighted by molar-refractivity contribution is 9.10. The van der Waals surface area contributed by atoms with Crippen LogP contribution < -0.4 is 15.5 Å². The number of ether oxygens (including phenoxy) is 1. The first-order chi connectivity index (χ1) is 15.0. The molecule has 0 spiro atoms. The smallest absolute Gasteiger partial charge is 0.253 e. The number of carbonyl (C=O) groups excluding carboxylic acids is 1. The second-order valence-corrected chi connectivity index (χ2v) is 8.18. The fourth-order valence-electron chi connectivity index (χ4n) is 3.35. The summed E-state index contributed by atoms with van der Waals surface area (Å²) in [7, 11) is 1.50. The van der Waals surface area contributed by atoms with E-state index in [1.807, 2.05) is 24.3 Å². The third kappa shape index (κ3) is 5.18. The lowest BCUT2D eigenvalue weighted by molar-refractivity contribution is -0.124. The Kier molecular flexibility index (Phi) is 6.43. The lowest BCUT2D eigenvalue weighted by Gasteiger charge is -2.29. The van der Waals surface area contributed by atoms with Crippen LogP contribution in [0.5, 0.6) is 0 Å². The molecule has 1 atom stereocenters. The van der Waals surface area contributed by atoms with E-state index in [1.165, 1.54) is 24.6 Å². The monoisotopic (exact) mass is 482 g/mol. The molecule has 0 saturated heterocycles. The Balaban J connectivity index is 1.46. The number of methoxy groups -OCH3 is 1. The Labute approximate surface area is 189 Å². The van der Waals surface area contributed by atoms with Gasteiger partial charge in [0.2, 0.25) is 11.9 Å². The van der Waals surface area contributed by atoms with E-state index in [4.69, 9.17) is 4.74 Å². The van der Waals surface area contributed by atoms with Crippen molar-refractivity contribution in [1.29, 1.82) is 0 Å². The molecular weight excluding hydrogens is 460 g/mol. The predicted molar refractivity (Wildman–Crippen MR) is 124 cm³/mol. The van der Waals surface area contributed by atoms with E-state index < -0.39 is 6.10 Å². The standard InChI is InChI=1S/C22H23BrN6O2/c1-14(31-2)20(30)26-18-4-3-5-19(11-18)27-21-24-13-25-22(28-21)29-9-8-15-10-17(23)7-6-16(15)12-29/h3-7,10-11,13-14H,8-9,12H2,1-2H3,(H,26,30)(H,24,25,27,28)/t14-/m0/s1. The molecule has 31 heavy (non-hydrogen) atoms. The summed E-state index contributed by atoms with van der Waals surface area (Å²) in [5.41, 5.74) is 4.04. The number of halogens is 1. The van der Waals surface area contributed by atoms with Crippen LogP contribution in [0.2, 0.25) is 0 Å². The van der Waals surface area contributed by atoms with Crippen molar-refractivity contribution in [2.45, 2.75) is 26.0 Å². The van der Waals surface area contributed by atoms with E-state index >= 15 is 0 Å². The largest absolute Gasteiger partial charge is 0.372 e. The van der Waals surface area contributed by atoms with Crippen molar-refractivity contribution >= 4 is 45.1 Å². The van der Waals surface area contributed by atoms with Crippen LogP contribution in [0.25, 0.3) is 0 Å². The van der Waals surface area contributed by atoms with Crippen LogP contribution in [0.4, 0.5) is 23.3 Å². The van der Waals surface area contributed by atoms with Crippen LogP contribution in [0.15, 0.2) is 53.3 Å². The highest BCUT2D eigenvalue weighted by atomic mass is 79.9. The Morgan fingerprint density at radius 2 is 2.00 bits per heavy atom. The Morgan fingerprint density at radius 1 is 1.16 bits per heavy atom. The molecular formula is C22H23BrN6O2. The van der Waals surface area contributed by atoms with Gasteiger partial charge in [0.15, 0.2) is 0 Å². The molecule has 0 unspecified atom stereocenters. The Morgan fingerprint density at radius 3 is 2.84 bits per heavy atom. The molecule has 8 nitrogen and oxygen atoms in total. The number of benzene rings is 2. The molecule has 1 aliphatic rings. The molecule has 0 fully saturated rings. The number of amides is 1. The zero-order chi connectivity index (χ0) is 21.8. The summed E-state index contributed by atoms with van der Waals surface area (Å²) in [6, 6.07) is 13.7. The molecule has 0 saturated carbocycles. The van der Waals surface area contributed by atoms with Crippen molar-refractivity contribution in [3.05, 3.63) is 64.4 Å². The van der Waals surface area contributed by atoms with Gasteiger partial charge >= 0.3 is 0 Å². The number of aromatic nitrogens is 3. The maximum Gasteiger partial charge on any atom is 0.253 e. The highest BCUT2D eigenvalue weighted by Gasteiger charge is 2.19. The first-order valence-corrected chi connectivity index (χ1v) is 10.7. The van der Waals surface area contributed by atoms with E-state index in [0.717, 1.165) is 29.7 Å². The molecule has 160 valence electrons. The Bertz CT molecular complexity index is 1090. The van der Waals surface area contributed by atoms with Gasteiger partial charge in [-0.3, -0.25) is 4.79 Å². The topological polar surface area (TPSA) is 92.3 Å². The fourth-order valence-corrected chi connectivity index (χ4v) is 3.76. The van der Waals surface area contributed by atoms with Gasteiger partial charge in [-0.15, -0.1) is 0 Å². The molecule has 4 rings (SSSR count). The number of hydrogen-bond donors (Lipinski definition) is 2. The van der Waals surface area contributed by atoms with Crippen molar-refractivity contribution in [2.75, 3.05) is 29.2 Å². The fraction of sp³-hybridized carbons (Fsp3) is 0.273. The van der Waals surface area contributed by atoms with Gasteiger partial charge in [-0.25, -0.2) is 9.97 Å². The number of rotatable bonds is 6. The van der Waals surface area contributed by atoms with Gasteiger partial charge in [-0.05, 0) is 54.8 Å². The minimum atomic E-state index is -0.529. The number of nitrogens with one attached hydrogen (secondary N) is 2. The van der Waals surface area contributed by atoms with Crippen LogP contribution in [0.1, 0.15) is 18.1 Å². The molecule has 0 aliphatic carbocycles. The van der Waals surface area contributed by atoms with Crippen molar-refractivity contribution in [1.82, 2.24) is 15.0 Å². The summed E-state index contributed by atoms with van der Waals surface area (Å²) in [4.78, 5) is 27.4. The van der Waals surface area contributed by atoms with Gasteiger partial charge in [0, 0.05) is 36.0 Å². The summed E-state index contributed by atoms with van der Waals surface area (Å²) >= 11 is 3.54. The van der Waals surface area contributed by atoms with Gasteiger partial charge in [0.1, 0.15) is 12.4 Å². The van der Waals surface area contributed by atoms with Crippen molar-refractivity contribution < 1.29 is 9.53 Å². The molecule has 0 bridgehead atoms. The normalized spacial score (nSPS) is 14.0. The minimum Gasteiger partial charge on any atom is -0.372 e. The lowest BCUT2D eigenvalue weighted by atomic mass is 10.0. The van der Waals surface area contributed by atoms with Gasteiger partial charge in [0.05, 0.1) is 0 Å². The minimum absolute atomic E-state index is 0.209. The number of fused-ring (bicyclic) bond motifs is 1. The number of carbonyl (C=O) groups is 1. The number of nitrogens with zero attached hydrogens (tertiary/aromatic N) is 4. The van der Waals surface area contributed by atoms with E-state index in [9.17, 15) is 4.79 Å². The first-order valence-electron chi connectivity index (χ1n) is 9.94. The quantitative estimate of drug-likeness (QED) is 0.549. The van der Waals surface area contributed by atoms with E-state index in [0.29, 0.717) is 17.6 Å². The van der Waals surface area contributed by atoms with Crippen LogP contribution in [0.3, 0.4) is 0 Å². The summed E-state index contributed by atoms with van der Waals surface area (Å²) in [6.45, 7) is 3.29. The maximum absolute atomic E-state index is 12.0. The van der Waals surface area contributed by atoms with Crippen molar-refractivity contribution in [2.24, 2.45) is 0 Å². The molecule has 1 aromatic heterocycles. The van der Waals surface area contributed by atoms with Gasteiger partial charge < -0.3 is 20.3 Å². The molecule has 3 aromatic rings. The van der Waals surface area contributed by atoms with E-state index in [-0.39, 0.29) is 5.91 Å². The predicted octanol–water partition coefficient (Wildman–Crippen LogP) is 3.91. The van der Waals surface area contributed by atoms with Gasteiger partial charge in [-0.1, -0.05) is 28.1 Å². The third-order valence-corrected chi connectivity index (χ3v) is 5.62. The van der Waals surface area contributed by atoms with Gasteiger partial charge in [-0.2, -0.15) is 4.98 Å². The molecule has 9 heteroatoms. The molecule has 2 aromatic carbocycles. The molecule has 1 amide bonds. The van der Waals surface area contributed by atoms with E-state index in [2.05, 4.69) is 64.6 Å². The van der Waals surface area contributed by atoms with Crippen LogP contribution in [-0.2, 0) is 22.5 Å². The molecule has 0 radical (unpaired) electrons. The third-order valence-electron chi connectivity index (χ3n) is 5.13. The van der Waals surface area contributed by atoms with Crippen LogP contribution in [0, 0.1) is 0 Å². The summed E-state index contributed by atoms with van der Waals surface area (Å²) in [6.07, 6.45) is 1.91. The molecule has 2 N–H and O–H groups in total. The van der Waals surface area contributed by atoms with Crippen LogP contribution in [-0.4, -0.2) is 40.6 Å². The summed E-state index contributed by atoms with van der Waals surface area (Å²) in [5.74, 6) is 0.865. The molecule has 1 aliphatic heterocycles. The average molecular weight is 483 g/mol. The summed E-state index contributed by atoms with van der Waals surface area (Å²) < 4.78 is 6.15. The van der Waals surface area contributed by atoms with Crippen LogP contribution >= 0.6 is 15.9 Å². The lowest BCUT2D eigenvalue weighted by Crippen LogP contribution is -2.32. The number of anilines is 4. The summed E-state index contributed by atoms with van der Waals surface area (Å²) in [5, 5.41) is 6.02. The highest BCUT2D eigenvalue weighted by Crippen LogP contribution is 2.25. The first kappa shape index (κ1) is 21.2. The Hall–Kier alpha value is -3.04. The second kappa shape index (κ2) is 9.40. The van der Waals surface area contributed by atoms with E-state index in [1.54, 1.807) is 6.92 Å². The van der Waals surface area contributed by atoms with Crippen molar-refractivity contribution in [3.63, 3.8) is 0 Å². The van der Waals surface area contributed by atoms with Gasteiger partial charge in [0.25, 0.3) is 5.91 Å². The maximum atomic E-state index is 12.0. The number of hydrogen-bond acceptors (Lipinski definition) is 7. The SMILES string of the molecule is CO[C@@H](C)C(=O)Nc1cccc(Nc2ncnc(N3CCc4cc(Br)ccc4C3)n2)c1. The zero-order valence-electron chi connectivity index (χ0n) is 17.3. The van der Waals surface area contributed by atoms with Crippen molar-refractivity contribution in [3.8, 4) is 0 Å². The second-order valence-electron chi connectivity index (χ2n) is 7.27. The zero-order valence-corrected chi connectivity index (χ0v) is 18.9. The molecule has 2 heterocycles.